The van der Waals surface area contributed by atoms with Crippen molar-refractivity contribution in [3.8, 4) is 5.75 Å². The van der Waals surface area contributed by atoms with E-state index in [-0.39, 0.29) is 12.3 Å². The predicted octanol–water partition coefficient (Wildman–Crippen LogP) is 3.29. The fourth-order valence-electron chi connectivity index (χ4n) is 1.99. The number of halogens is 1. The van der Waals surface area contributed by atoms with E-state index in [2.05, 4.69) is 5.32 Å². The van der Waals surface area contributed by atoms with Crippen LogP contribution in [0.25, 0.3) is 0 Å². The van der Waals surface area contributed by atoms with Gasteiger partial charge in [-0.3, -0.25) is 4.79 Å². The highest BCUT2D eigenvalue weighted by molar-refractivity contribution is 6.30. The maximum atomic E-state index is 12.1. The predicted molar refractivity (Wildman–Crippen MR) is 88.1 cm³/mol. The number of ether oxygens (including phenoxy) is 1. The van der Waals surface area contributed by atoms with Crippen molar-refractivity contribution in [2.45, 2.75) is 13.3 Å². The summed E-state index contributed by atoms with van der Waals surface area (Å²) in [4.78, 5) is 22.5. The van der Waals surface area contributed by atoms with Gasteiger partial charge in [0.15, 0.2) is 6.61 Å². The number of benzene rings is 2. The van der Waals surface area contributed by atoms with Gasteiger partial charge in [-0.05, 0) is 48.4 Å². The first-order chi connectivity index (χ1) is 10.9. The Morgan fingerprint density at radius 1 is 1.17 bits per heavy atom. The zero-order valence-corrected chi connectivity index (χ0v) is 13.3. The van der Waals surface area contributed by atoms with Crippen molar-refractivity contribution in [3.63, 3.8) is 0 Å². The number of anilines is 1. The summed E-state index contributed by atoms with van der Waals surface area (Å²) in [5.74, 6) is -0.738. The zero-order valence-electron chi connectivity index (χ0n) is 12.5. The number of carbonyl (C=O) groups is 2. The molecule has 23 heavy (non-hydrogen) atoms. The Hall–Kier alpha value is -2.53. The summed E-state index contributed by atoms with van der Waals surface area (Å²) in [5.41, 5.74) is 2.31. The molecule has 0 saturated heterocycles. The molecule has 5 nitrogen and oxygen atoms in total. The van der Waals surface area contributed by atoms with Gasteiger partial charge in [0.05, 0.1) is 6.42 Å². The van der Waals surface area contributed by atoms with Crippen LogP contribution in [0.4, 0.5) is 5.69 Å². The van der Waals surface area contributed by atoms with Gasteiger partial charge in [-0.15, -0.1) is 0 Å². The van der Waals surface area contributed by atoms with E-state index in [9.17, 15) is 9.59 Å². The van der Waals surface area contributed by atoms with Crippen LogP contribution in [0.2, 0.25) is 5.02 Å². The molecule has 0 heterocycles. The molecule has 0 unspecified atom stereocenters. The first kappa shape index (κ1) is 16.8. The van der Waals surface area contributed by atoms with Crippen LogP contribution in [-0.2, 0) is 16.0 Å². The van der Waals surface area contributed by atoms with Crippen molar-refractivity contribution in [1.29, 1.82) is 0 Å². The van der Waals surface area contributed by atoms with Crippen molar-refractivity contribution in [2.75, 3.05) is 11.9 Å². The molecule has 6 heteroatoms. The standard InChI is InChI=1S/C17H16ClNO4/c1-11-8-14(23-10-17(21)22)6-7-15(11)19-16(20)9-12-2-4-13(18)5-3-12/h2-8H,9-10H2,1H3,(H,19,20)(H,21,22). The normalized spacial score (nSPS) is 10.2. The zero-order chi connectivity index (χ0) is 16.8. The minimum absolute atomic E-state index is 0.144. The van der Waals surface area contributed by atoms with Gasteiger partial charge >= 0.3 is 5.97 Å². The summed E-state index contributed by atoms with van der Waals surface area (Å²) in [5, 5.41) is 12.0. The molecule has 2 aromatic rings. The average molecular weight is 334 g/mol. The summed E-state index contributed by atoms with van der Waals surface area (Å²) in [6.07, 6.45) is 0.244. The molecule has 0 fully saturated rings. The van der Waals surface area contributed by atoms with Gasteiger partial charge in [-0.1, -0.05) is 23.7 Å². The number of carboxylic acids is 1. The molecule has 0 saturated carbocycles. The smallest absolute Gasteiger partial charge is 0.341 e. The van der Waals surface area contributed by atoms with E-state index >= 15 is 0 Å². The molecular weight excluding hydrogens is 318 g/mol. The van der Waals surface area contributed by atoms with Crippen molar-refractivity contribution in [1.82, 2.24) is 0 Å². The molecule has 0 aliphatic heterocycles. The first-order valence-electron chi connectivity index (χ1n) is 6.93. The highest BCUT2D eigenvalue weighted by Crippen LogP contribution is 2.21. The molecule has 0 bridgehead atoms. The van der Waals surface area contributed by atoms with E-state index in [0.717, 1.165) is 11.1 Å². The highest BCUT2D eigenvalue weighted by atomic mass is 35.5. The Balaban J connectivity index is 1.97. The van der Waals surface area contributed by atoms with Gasteiger partial charge in [0.2, 0.25) is 5.91 Å². The SMILES string of the molecule is Cc1cc(OCC(=O)O)ccc1NC(=O)Cc1ccc(Cl)cc1. The van der Waals surface area contributed by atoms with Gasteiger partial charge in [0, 0.05) is 10.7 Å². The van der Waals surface area contributed by atoms with Crippen LogP contribution < -0.4 is 10.1 Å². The van der Waals surface area contributed by atoms with Crippen LogP contribution in [0, 0.1) is 6.92 Å². The van der Waals surface area contributed by atoms with Crippen molar-refractivity contribution >= 4 is 29.2 Å². The minimum Gasteiger partial charge on any atom is -0.482 e. The molecule has 0 aliphatic carbocycles. The first-order valence-corrected chi connectivity index (χ1v) is 7.31. The van der Waals surface area contributed by atoms with Crippen LogP contribution >= 0.6 is 11.6 Å². The lowest BCUT2D eigenvalue weighted by atomic mass is 10.1. The van der Waals surface area contributed by atoms with E-state index in [4.69, 9.17) is 21.4 Å². The molecule has 2 aromatic carbocycles. The van der Waals surface area contributed by atoms with Crippen LogP contribution in [0.5, 0.6) is 5.75 Å². The van der Waals surface area contributed by atoms with E-state index in [0.29, 0.717) is 16.5 Å². The van der Waals surface area contributed by atoms with Crippen LogP contribution in [-0.4, -0.2) is 23.6 Å². The lowest BCUT2D eigenvalue weighted by molar-refractivity contribution is -0.139. The lowest BCUT2D eigenvalue weighted by Crippen LogP contribution is -2.15. The molecule has 0 spiro atoms. The Labute approximate surface area is 138 Å². The third-order valence-corrected chi connectivity index (χ3v) is 3.36. The Kier molecular flexibility index (Phi) is 5.60. The molecular formula is C17H16ClNO4. The number of amides is 1. The minimum atomic E-state index is -1.04. The second-order valence-corrected chi connectivity index (χ2v) is 5.45. The number of carbonyl (C=O) groups excluding carboxylic acids is 1. The lowest BCUT2D eigenvalue weighted by Gasteiger charge is -2.11. The Morgan fingerprint density at radius 2 is 1.87 bits per heavy atom. The number of aliphatic carboxylic acids is 1. The summed E-state index contributed by atoms with van der Waals surface area (Å²) >= 11 is 5.81. The number of nitrogens with one attached hydrogen (secondary N) is 1. The molecule has 1 amide bonds. The maximum Gasteiger partial charge on any atom is 0.341 e. The van der Waals surface area contributed by atoms with Gasteiger partial charge < -0.3 is 15.2 Å². The quantitative estimate of drug-likeness (QED) is 0.850. The van der Waals surface area contributed by atoms with Crippen LogP contribution in [0.1, 0.15) is 11.1 Å². The Morgan fingerprint density at radius 3 is 2.48 bits per heavy atom. The van der Waals surface area contributed by atoms with Crippen molar-refractivity contribution in [2.24, 2.45) is 0 Å². The summed E-state index contributed by atoms with van der Waals surface area (Å²) in [6, 6.07) is 12.1. The molecule has 120 valence electrons. The summed E-state index contributed by atoms with van der Waals surface area (Å²) < 4.78 is 5.09. The fourth-order valence-corrected chi connectivity index (χ4v) is 2.12. The van der Waals surface area contributed by atoms with E-state index < -0.39 is 12.6 Å². The largest absolute Gasteiger partial charge is 0.482 e. The Bertz CT molecular complexity index is 713. The third-order valence-electron chi connectivity index (χ3n) is 3.11. The molecule has 0 atom stereocenters. The van der Waals surface area contributed by atoms with E-state index in [1.807, 2.05) is 6.92 Å². The molecule has 0 aromatic heterocycles. The third kappa shape index (κ3) is 5.30. The molecule has 0 radical (unpaired) electrons. The number of hydrogen-bond donors (Lipinski definition) is 2. The van der Waals surface area contributed by atoms with Crippen LogP contribution in [0.15, 0.2) is 42.5 Å². The monoisotopic (exact) mass is 333 g/mol. The topological polar surface area (TPSA) is 75.6 Å². The number of carboxylic acid groups (broad SMARTS) is 1. The van der Waals surface area contributed by atoms with Gasteiger partial charge in [0.1, 0.15) is 5.75 Å². The van der Waals surface area contributed by atoms with Crippen molar-refractivity contribution < 1.29 is 19.4 Å². The molecule has 2 N–H and O–H groups in total. The number of aryl methyl sites for hydroxylation is 1. The maximum absolute atomic E-state index is 12.1. The van der Waals surface area contributed by atoms with Gasteiger partial charge in [0.25, 0.3) is 0 Å². The van der Waals surface area contributed by atoms with Gasteiger partial charge in [-0.2, -0.15) is 0 Å². The molecule has 0 aliphatic rings. The average Bonchev–Trinajstić information content (AvgIpc) is 2.50. The molecule has 2 rings (SSSR count). The number of hydrogen-bond acceptors (Lipinski definition) is 3. The van der Waals surface area contributed by atoms with Gasteiger partial charge in [-0.25, -0.2) is 4.79 Å². The van der Waals surface area contributed by atoms with Crippen LogP contribution in [0.3, 0.4) is 0 Å². The second kappa shape index (κ2) is 7.65. The second-order valence-electron chi connectivity index (χ2n) is 5.01. The van der Waals surface area contributed by atoms with E-state index in [1.54, 1.807) is 42.5 Å². The summed E-state index contributed by atoms with van der Waals surface area (Å²) in [7, 11) is 0. The van der Waals surface area contributed by atoms with Crippen molar-refractivity contribution in [3.05, 3.63) is 58.6 Å². The van der Waals surface area contributed by atoms with E-state index in [1.165, 1.54) is 0 Å². The fraction of sp³-hybridized carbons (Fsp3) is 0.176. The summed E-state index contributed by atoms with van der Waals surface area (Å²) in [6.45, 7) is 1.41. The highest BCUT2D eigenvalue weighted by Gasteiger charge is 2.08. The number of rotatable bonds is 6.